The normalized spacial score (nSPS) is 11.2. The third-order valence-corrected chi connectivity index (χ3v) is 10.2. The molecule has 0 radical (unpaired) electrons. The van der Waals surface area contributed by atoms with Gasteiger partial charge in [-0.25, -0.2) is 15.0 Å². The van der Waals surface area contributed by atoms with Crippen molar-refractivity contribution in [2.24, 2.45) is 0 Å². The molecular weight excluding hydrogens is 683 g/mol. The number of rotatable bonds is 8. The quantitative estimate of drug-likeness (QED) is 0.157. The summed E-state index contributed by atoms with van der Waals surface area (Å²) in [4.78, 5) is 17.7. The van der Waals surface area contributed by atoms with Crippen molar-refractivity contribution >= 4 is 38.9 Å². The largest absolute Gasteiger partial charge is 0.311 e. The molecular formula is C51H35N5. The number of aromatic nitrogens is 4. The molecule has 5 nitrogen and oxygen atoms in total. The van der Waals surface area contributed by atoms with E-state index in [9.17, 15) is 0 Å². The molecule has 0 unspecified atom stereocenters. The molecule has 56 heavy (non-hydrogen) atoms. The van der Waals surface area contributed by atoms with Gasteiger partial charge in [-0.3, -0.25) is 0 Å². The van der Waals surface area contributed by atoms with Crippen molar-refractivity contribution in [3.05, 3.63) is 212 Å². The number of fused-ring (bicyclic) bond motifs is 3. The molecule has 0 saturated carbocycles. The van der Waals surface area contributed by atoms with Crippen LogP contribution in [0, 0.1) is 0 Å². The number of para-hydroxylation sites is 3. The predicted molar refractivity (Wildman–Crippen MR) is 231 cm³/mol. The molecule has 0 saturated heterocycles. The van der Waals surface area contributed by atoms with E-state index in [0.29, 0.717) is 17.5 Å². The standard InChI is InChI=1S/C51H35N5/c1-6-18-37(19-7-1)49-52-50(38-20-8-2-9-21-38)54-51(53-49)44-29-17-31-46-48(44)47-43(28-16-30-45(47)56(46)41-26-14-5-15-27-41)36-32-34-42(35-33-36)55(39-22-10-3-11-23-39)40-24-12-4-13-25-40/h1-35H. The smallest absolute Gasteiger partial charge is 0.164 e. The van der Waals surface area contributed by atoms with Gasteiger partial charge in [0.2, 0.25) is 0 Å². The number of anilines is 3. The summed E-state index contributed by atoms with van der Waals surface area (Å²) in [7, 11) is 0. The maximum atomic E-state index is 5.19. The fraction of sp³-hybridized carbons (Fsp3) is 0. The van der Waals surface area contributed by atoms with E-state index in [1.54, 1.807) is 0 Å². The molecule has 0 aliphatic carbocycles. The molecule has 0 aliphatic rings. The lowest BCUT2D eigenvalue weighted by Gasteiger charge is -2.25. The molecule has 10 aromatic rings. The molecule has 8 aromatic carbocycles. The lowest BCUT2D eigenvalue weighted by Crippen LogP contribution is -2.09. The van der Waals surface area contributed by atoms with Gasteiger partial charge in [-0.15, -0.1) is 0 Å². The molecule has 0 atom stereocenters. The number of benzene rings is 8. The van der Waals surface area contributed by atoms with E-state index in [-0.39, 0.29) is 0 Å². The van der Waals surface area contributed by atoms with Crippen molar-refractivity contribution < 1.29 is 0 Å². The molecule has 0 spiro atoms. The third kappa shape index (κ3) is 5.98. The van der Waals surface area contributed by atoms with Gasteiger partial charge < -0.3 is 9.47 Å². The summed E-state index contributed by atoms with van der Waals surface area (Å²) in [6.45, 7) is 0. The summed E-state index contributed by atoms with van der Waals surface area (Å²) >= 11 is 0. The average molecular weight is 718 g/mol. The topological polar surface area (TPSA) is 46.8 Å². The zero-order chi connectivity index (χ0) is 37.3. The van der Waals surface area contributed by atoms with Crippen LogP contribution < -0.4 is 4.90 Å². The van der Waals surface area contributed by atoms with E-state index < -0.39 is 0 Å². The second kappa shape index (κ2) is 14.3. The van der Waals surface area contributed by atoms with Crippen LogP contribution in [0.1, 0.15) is 0 Å². The first-order chi connectivity index (χ1) is 27.8. The monoisotopic (exact) mass is 717 g/mol. The molecule has 0 aliphatic heterocycles. The minimum absolute atomic E-state index is 0.627. The van der Waals surface area contributed by atoms with Crippen LogP contribution in [0.25, 0.3) is 72.8 Å². The average Bonchev–Trinajstić information content (AvgIpc) is 3.63. The minimum Gasteiger partial charge on any atom is -0.311 e. The molecule has 2 heterocycles. The lowest BCUT2D eigenvalue weighted by molar-refractivity contribution is 1.08. The van der Waals surface area contributed by atoms with Gasteiger partial charge in [0.25, 0.3) is 0 Å². The Morgan fingerprint density at radius 1 is 0.304 bits per heavy atom. The fourth-order valence-electron chi connectivity index (χ4n) is 7.71. The zero-order valence-corrected chi connectivity index (χ0v) is 30.4. The number of nitrogens with zero attached hydrogens (tertiary/aromatic N) is 5. The SMILES string of the molecule is c1ccc(-c2nc(-c3ccccc3)nc(-c3cccc4c3c3c(-c5ccc(N(c6ccccc6)c6ccccc6)cc5)cccc3n4-c3ccccc3)n2)cc1. The molecule has 0 bridgehead atoms. The van der Waals surface area contributed by atoms with Crippen LogP contribution in [0.4, 0.5) is 17.1 Å². The molecule has 0 fully saturated rings. The lowest BCUT2D eigenvalue weighted by atomic mass is 9.96. The molecule has 10 rings (SSSR count). The fourth-order valence-corrected chi connectivity index (χ4v) is 7.71. The highest BCUT2D eigenvalue weighted by Crippen LogP contribution is 2.43. The van der Waals surface area contributed by atoms with Gasteiger partial charge in [0.15, 0.2) is 17.5 Å². The van der Waals surface area contributed by atoms with Crippen LogP contribution in [0.2, 0.25) is 0 Å². The maximum absolute atomic E-state index is 5.19. The van der Waals surface area contributed by atoms with Crippen LogP contribution >= 0.6 is 0 Å². The van der Waals surface area contributed by atoms with Crippen LogP contribution in [0.5, 0.6) is 0 Å². The van der Waals surface area contributed by atoms with Crippen LogP contribution in [-0.2, 0) is 0 Å². The minimum atomic E-state index is 0.627. The van der Waals surface area contributed by atoms with Gasteiger partial charge in [-0.05, 0) is 71.8 Å². The van der Waals surface area contributed by atoms with Crippen molar-refractivity contribution in [3.63, 3.8) is 0 Å². The summed E-state index contributed by atoms with van der Waals surface area (Å²) in [5.41, 5.74) is 11.6. The Bertz CT molecular complexity index is 2830. The Hall–Kier alpha value is -7.63. The van der Waals surface area contributed by atoms with Crippen molar-refractivity contribution in [2.75, 3.05) is 4.90 Å². The third-order valence-electron chi connectivity index (χ3n) is 10.2. The highest BCUT2D eigenvalue weighted by atomic mass is 15.1. The molecule has 0 N–H and O–H groups in total. The van der Waals surface area contributed by atoms with Crippen LogP contribution in [-0.4, -0.2) is 19.5 Å². The summed E-state index contributed by atoms with van der Waals surface area (Å²) in [6, 6.07) is 73.9. The van der Waals surface area contributed by atoms with Crippen LogP contribution in [0.3, 0.4) is 0 Å². The summed E-state index contributed by atoms with van der Waals surface area (Å²) < 4.78 is 2.36. The van der Waals surface area contributed by atoms with E-state index in [4.69, 9.17) is 15.0 Å². The van der Waals surface area contributed by atoms with Crippen molar-refractivity contribution in [1.82, 2.24) is 19.5 Å². The Labute approximate surface area is 325 Å². The Morgan fingerprint density at radius 2 is 0.714 bits per heavy atom. The van der Waals surface area contributed by atoms with Gasteiger partial charge in [0.05, 0.1) is 11.0 Å². The molecule has 5 heteroatoms. The van der Waals surface area contributed by atoms with Gasteiger partial charge in [-0.2, -0.15) is 0 Å². The van der Waals surface area contributed by atoms with E-state index in [0.717, 1.165) is 72.4 Å². The number of hydrogen-bond donors (Lipinski definition) is 0. The first-order valence-electron chi connectivity index (χ1n) is 18.8. The molecule has 264 valence electrons. The van der Waals surface area contributed by atoms with Crippen molar-refractivity contribution in [2.45, 2.75) is 0 Å². The highest BCUT2D eigenvalue weighted by Gasteiger charge is 2.22. The van der Waals surface area contributed by atoms with Crippen molar-refractivity contribution in [3.8, 4) is 51.0 Å². The van der Waals surface area contributed by atoms with Gasteiger partial charge in [0, 0.05) is 50.2 Å². The molecule has 2 aromatic heterocycles. The molecule has 0 amide bonds. The van der Waals surface area contributed by atoms with E-state index in [1.165, 1.54) is 0 Å². The van der Waals surface area contributed by atoms with Gasteiger partial charge >= 0.3 is 0 Å². The second-order valence-electron chi connectivity index (χ2n) is 13.7. The first kappa shape index (κ1) is 33.0. The van der Waals surface area contributed by atoms with E-state index >= 15 is 0 Å². The Kier molecular flexibility index (Phi) is 8.43. The van der Waals surface area contributed by atoms with Crippen LogP contribution in [0.15, 0.2) is 212 Å². The van der Waals surface area contributed by atoms with E-state index in [2.05, 4.69) is 161 Å². The van der Waals surface area contributed by atoms with Crippen molar-refractivity contribution in [1.29, 1.82) is 0 Å². The maximum Gasteiger partial charge on any atom is 0.164 e. The highest BCUT2D eigenvalue weighted by molar-refractivity contribution is 6.20. The second-order valence-corrected chi connectivity index (χ2v) is 13.7. The summed E-state index contributed by atoms with van der Waals surface area (Å²) in [5.74, 6) is 1.90. The van der Waals surface area contributed by atoms with Gasteiger partial charge in [0.1, 0.15) is 0 Å². The van der Waals surface area contributed by atoms with E-state index in [1.807, 2.05) is 60.7 Å². The summed E-state index contributed by atoms with van der Waals surface area (Å²) in [6.07, 6.45) is 0. The zero-order valence-electron chi connectivity index (χ0n) is 30.4. The predicted octanol–water partition coefficient (Wildman–Crippen LogP) is 13.1. The van der Waals surface area contributed by atoms with Gasteiger partial charge in [-0.1, -0.05) is 152 Å². The number of hydrogen-bond acceptors (Lipinski definition) is 4. The Morgan fingerprint density at radius 3 is 1.23 bits per heavy atom. The first-order valence-corrected chi connectivity index (χ1v) is 18.8. The Balaban J connectivity index is 1.21. The summed E-state index contributed by atoms with van der Waals surface area (Å²) in [5, 5.41) is 2.23.